The maximum absolute atomic E-state index is 12.7. The van der Waals surface area contributed by atoms with Crippen LogP contribution in [0.3, 0.4) is 0 Å². The fraction of sp³-hybridized carbons (Fsp3) is 0.227. The van der Waals surface area contributed by atoms with E-state index in [-0.39, 0.29) is 30.5 Å². The van der Waals surface area contributed by atoms with Crippen LogP contribution < -0.4 is 10.2 Å². The van der Waals surface area contributed by atoms with Crippen LogP contribution in [0.2, 0.25) is 0 Å². The molecule has 0 unspecified atom stereocenters. The molecule has 0 aliphatic carbocycles. The predicted molar refractivity (Wildman–Crippen MR) is 110 cm³/mol. The van der Waals surface area contributed by atoms with Gasteiger partial charge in [-0.3, -0.25) is 4.79 Å². The second-order valence-electron chi connectivity index (χ2n) is 6.56. The van der Waals surface area contributed by atoms with Crippen molar-refractivity contribution in [2.75, 3.05) is 37.8 Å². The average Bonchev–Trinajstić information content (AvgIpc) is 2.79. The molecule has 1 N–H and O–H groups in total. The van der Waals surface area contributed by atoms with E-state index >= 15 is 0 Å². The summed E-state index contributed by atoms with van der Waals surface area (Å²) in [6, 6.07) is 14.1. The van der Waals surface area contributed by atoms with Gasteiger partial charge in [0.05, 0.1) is 37.8 Å². The molecule has 1 aliphatic heterocycles. The number of hydrogen-bond acceptors (Lipinski definition) is 7. The Kier molecular flexibility index (Phi) is 6.48. The van der Waals surface area contributed by atoms with E-state index in [4.69, 9.17) is 14.2 Å². The monoisotopic (exact) mass is 410 g/mol. The summed E-state index contributed by atoms with van der Waals surface area (Å²) >= 11 is 0. The number of anilines is 2. The summed E-state index contributed by atoms with van der Waals surface area (Å²) in [5.41, 5.74) is 2.36. The highest BCUT2D eigenvalue weighted by molar-refractivity contribution is 6.08. The molecule has 8 heteroatoms. The van der Waals surface area contributed by atoms with E-state index in [0.717, 1.165) is 5.56 Å². The third-order valence-corrected chi connectivity index (χ3v) is 4.56. The van der Waals surface area contributed by atoms with Gasteiger partial charge in [0.15, 0.2) is 0 Å². The van der Waals surface area contributed by atoms with Gasteiger partial charge in [-0.1, -0.05) is 24.3 Å². The second kappa shape index (κ2) is 9.23. The minimum atomic E-state index is -0.708. The number of aryl methyl sites for hydroxylation is 1. The van der Waals surface area contributed by atoms with E-state index in [2.05, 4.69) is 5.32 Å². The van der Waals surface area contributed by atoms with Crippen LogP contribution in [0.5, 0.6) is 0 Å². The Labute approximate surface area is 174 Å². The second-order valence-corrected chi connectivity index (χ2v) is 6.56. The Morgan fingerprint density at radius 2 is 1.70 bits per heavy atom. The number of nitrogens with zero attached hydrogens (tertiary/aromatic N) is 1. The number of esters is 2. The highest BCUT2D eigenvalue weighted by Crippen LogP contribution is 2.33. The van der Waals surface area contributed by atoms with Crippen LogP contribution in [0.25, 0.3) is 0 Å². The first-order valence-corrected chi connectivity index (χ1v) is 9.18. The highest BCUT2D eigenvalue weighted by Gasteiger charge is 2.33. The lowest BCUT2D eigenvalue weighted by molar-refractivity contribution is -0.140. The van der Waals surface area contributed by atoms with E-state index in [1.807, 2.05) is 19.1 Å². The molecule has 0 radical (unpaired) electrons. The molecular formula is C22H22N2O6. The van der Waals surface area contributed by atoms with Gasteiger partial charge in [0.25, 0.3) is 5.91 Å². The first kappa shape index (κ1) is 21.1. The van der Waals surface area contributed by atoms with Crippen LogP contribution in [0.4, 0.5) is 11.4 Å². The zero-order valence-corrected chi connectivity index (χ0v) is 16.9. The molecule has 2 aromatic carbocycles. The molecule has 0 fully saturated rings. The molecule has 30 heavy (non-hydrogen) atoms. The summed E-state index contributed by atoms with van der Waals surface area (Å²) in [7, 11) is 2.45. The number of carbonyl (C=O) groups is 3. The Bertz CT molecular complexity index is 1000. The number of ether oxygens (including phenoxy) is 3. The lowest BCUT2D eigenvalue weighted by Gasteiger charge is -2.32. The average molecular weight is 410 g/mol. The zero-order chi connectivity index (χ0) is 21.7. The third kappa shape index (κ3) is 4.33. The van der Waals surface area contributed by atoms with Gasteiger partial charge < -0.3 is 24.4 Å². The predicted octanol–water partition coefficient (Wildman–Crippen LogP) is 2.64. The van der Waals surface area contributed by atoms with Gasteiger partial charge in [-0.15, -0.1) is 0 Å². The van der Waals surface area contributed by atoms with Crippen molar-refractivity contribution in [2.45, 2.75) is 6.92 Å². The van der Waals surface area contributed by atoms with Crippen molar-refractivity contribution < 1.29 is 28.6 Å². The van der Waals surface area contributed by atoms with Gasteiger partial charge in [-0.2, -0.15) is 0 Å². The number of hydrogen-bond donors (Lipinski definition) is 1. The van der Waals surface area contributed by atoms with Crippen LogP contribution in [0.1, 0.15) is 15.9 Å². The molecule has 1 heterocycles. The van der Waals surface area contributed by atoms with Crippen molar-refractivity contribution in [1.29, 1.82) is 0 Å². The molecule has 0 bridgehead atoms. The maximum Gasteiger partial charge on any atom is 0.355 e. The number of carbonyl (C=O) groups excluding carboxylic acids is 3. The number of amides is 1. The standard InChI is InChI=1S/C22H22N2O6/c1-14-9-10-17(23-20(25)15-7-5-4-6-8-15)18(11-14)24-13-30-12-16(21(26)28-2)19(24)22(27)29-3/h4-11H,12-13H2,1-3H3,(H,23,25). The molecule has 8 nitrogen and oxygen atoms in total. The van der Waals surface area contributed by atoms with Gasteiger partial charge >= 0.3 is 11.9 Å². The van der Waals surface area contributed by atoms with E-state index in [9.17, 15) is 14.4 Å². The summed E-state index contributed by atoms with van der Waals surface area (Å²) in [6.07, 6.45) is 0. The molecule has 0 aromatic heterocycles. The fourth-order valence-corrected chi connectivity index (χ4v) is 3.09. The number of benzene rings is 2. The number of nitrogens with one attached hydrogen (secondary N) is 1. The lowest BCUT2D eigenvalue weighted by Crippen LogP contribution is -2.39. The Hall–Kier alpha value is -3.65. The van der Waals surface area contributed by atoms with Gasteiger partial charge in [-0.25, -0.2) is 9.59 Å². The van der Waals surface area contributed by atoms with Gasteiger partial charge in [0.2, 0.25) is 0 Å². The normalized spacial score (nSPS) is 13.6. The van der Waals surface area contributed by atoms with Gasteiger partial charge in [-0.05, 0) is 36.8 Å². The van der Waals surface area contributed by atoms with Crippen LogP contribution >= 0.6 is 0 Å². The summed E-state index contributed by atoms with van der Waals surface area (Å²) in [5.74, 6) is -1.71. The molecule has 0 spiro atoms. The van der Waals surface area contributed by atoms with Crippen molar-refractivity contribution in [3.05, 3.63) is 70.9 Å². The highest BCUT2D eigenvalue weighted by atomic mass is 16.5. The van der Waals surface area contributed by atoms with Crippen molar-refractivity contribution in [3.63, 3.8) is 0 Å². The van der Waals surface area contributed by atoms with Crippen molar-refractivity contribution >= 4 is 29.2 Å². The first-order chi connectivity index (χ1) is 14.5. The summed E-state index contributed by atoms with van der Waals surface area (Å²) < 4.78 is 15.2. The molecule has 0 atom stereocenters. The molecule has 156 valence electrons. The van der Waals surface area contributed by atoms with E-state index in [1.54, 1.807) is 36.4 Å². The molecular weight excluding hydrogens is 388 g/mol. The maximum atomic E-state index is 12.7. The van der Waals surface area contributed by atoms with Crippen molar-refractivity contribution in [3.8, 4) is 0 Å². The van der Waals surface area contributed by atoms with E-state index < -0.39 is 11.9 Å². The number of methoxy groups -OCH3 is 2. The topological polar surface area (TPSA) is 94.2 Å². The zero-order valence-electron chi connectivity index (χ0n) is 16.9. The van der Waals surface area contributed by atoms with Gasteiger partial charge in [0, 0.05) is 5.56 Å². The summed E-state index contributed by atoms with van der Waals surface area (Å²) in [6.45, 7) is 1.77. The van der Waals surface area contributed by atoms with E-state index in [1.165, 1.54) is 19.1 Å². The largest absolute Gasteiger partial charge is 0.466 e. The Morgan fingerprint density at radius 1 is 1.00 bits per heavy atom. The summed E-state index contributed by atoms with van der Waals surface area (Å²) in [5, 5.41) is 2.86. The third-order valence-electron chi connectivity index (χ3n) is 4.56. The SMILES string of the molecule is COC(=O)C1=C(C(=O)OC)N(c2cc(C)ccc2NC(=O)c2ccccc2)COC1. The molecule has 3 rings (SSSR count). The van der Waals surface area contributed by atoms with Crippen molar-refractivity contribution in [2.24, 2.45) is 0 Å². The first-order valence-electron chi connectivity index (χ1n) is 9.18. The molecule has 0 saturated heterocycles. The van der Waals surface area contributed by atoms with Crippen molar-refractivity contribution in [1.82, 2.24) is 0 Å². The van der Waals surface area contributed by atoms with Crippen LogP contribution in [-0.2, 0) is 23.8 Å². The number of rotatable bonds is 5. The molecule has 2 aromatic rings. The minimum absolute atomic E-state index is 0.0106. The Morgan fingerprint density at radius 3 is 2.37 bits per heavy atom. The van der Waals surface area contributed by atoms with Crippen LogP contribution in [0.15, 0.2) is 59.8 Å². The molecule has 1 aliphatic rings. The fourth-order valence-electron chi connectivity index (χ4n) is 3.09. The minimum Gasteiger partial charge on any atom is -0.466 e. The lowest BCUT2D eigenvalue weighted by atomic mass is 10.1. The molecule has 1 amide bonds. The Balaban J connectivity index is 2.07. The smallest absolute Gasteiger partial charge is 0.355 e. The van der Waals surface area contributed by atoms with Crippen LogP contribution in [-0.4, -0.2) is 45.4 Å². The quantitative estimate of drug-likeness (QED) is 0.758. The van der Waals surface area contributed by atoms with Crippen LogP contribution in [0, 0.1) is 6.92 Å². The molecule has 0 saturated carbocycles. The van der Waals surface area contributed by atoms with Gasteiger partial charge in [0.1, 0.15) is 12.4 Å². The van der Waals surface area contributed by atoms with E-state index in [0.29, 0.717) is 16.9 Å². The summed E-state index contributed by atoms with van der Waals surface area (Å²) in [4.78, 5) is 39.0.